The summed E-state index contributed by atoms with van der Waals surface area (Å²) in [4.78, 5) is 37.9. The minimum Gasteiger partial charge on any atom is -0.495 e. The van der Waals surface area contributed by atoms with Crippen LogP contribution < -0.4 is 4.90 Å². The van der Waals surface area contributed by atoms with Gasteiger partial charge in [-0.1, -0.05) is 12.1 Å². The molecule has 0 aromatic heterocycles. The van der Waals surface area contributed by atoms with Crippen LogP contribution in [0, 0.1) is 3.57 Å². The molecule has 0 saturated carbocycles. The monoisotopic (exact) mass is 461 g/mol. The lowest BCUT2D eigenvalue weighted by atomic mass is 9.99. The highest BCUT2D eigenvalue weighted by Crippen LogP contribution is 2.41. The molecule has 1 aliphatic rings. The number of Topliss-reactive ketones (excluding diaryl/α,β-unsaturated/α-hetero) is 1. The zero-order chi connectivity index (χ0) is 19.0. The molecule has 0 spiro atoms. The maximum Gasteiger partial charge on any atom is 0.269 e. The summed E-state index contributed by atoms with van der Waals surface area (Å²) in [6.45, 7) is 2.79. The lowest BCUT2D eigenvalue weighted by Gasteiger charge is -2.12. The summed E-state index contributed by atoms with van der Waals surface area (Å²) in [5.41, 5.74) is 2.45. The minimum atomic E-state index is -0.455. The summed E-state index contributed by atoms with van der Waals surface area (Å²) < 4.78 is 6.60. The number of nitrogens with zero attached hydrogens (tertiary/aromatic N) is 1. The number of fused-ring (bicyclic) bond motifs is 1. The summed E-state index contributed by atoms with van der Waals surface area (Å²) in [5.74, 6) is -0.588. The second-order valence-electron chi connectivity index (χ2n) is 5.86. The van der Waals surface area contributed by atoms with Crippen LogP contribution in [0.25, 0.3) is 11.3 Å². The van der Waals surface area contributed by atoms with Crippen LogP contribution in [0.5, 0.6) is 0 Å². The van der Waals surface area contributed by atoms with Crippen LogP contribution in [0.2, 0.25) is 0 Å². The Balaban J connectivity index is 2.31. The van der Waals surface area contributed by atoms with Gasteiger partial charge in [0.15, 0.2) is 5.78 Å². The van der Waals surface area contributed by atoms with Gasteiger partial charge < -0.3 is 4.74 Å². The van der Waals surface area contributed by atoms with Gasteiger partial charge in [0.05, 0.1) is 18.4 Å². The quantitative estimate of drug-likeness (QED) is 0.301. The molecule has 1 heterocycles. The van der Waals surface area contributed by atoms with Crippen LogP contribution in [0.15, 0.2) is 42.5 Å². The van der Waals surface area contributed by atoms with Gasteiger partial charge in [-0.05, 0) is 59.8 Å². The number of carbonyl (C=O) groups is 3. The molecule has 0 bridgehead atoms. The Kier molecular flexibility index (Phi) is 4.95. The molecule has 0 fully saturated rings. The highest BCUT2D eigenvalue weighted by atomic mass is 127. The van der Waals surface area contributed by atoms with Gasteiger partial charge in [0.1, 0.15) is 5.76 Å². The van der Waals surface area contributed by atoms with Gasteiger partial charge in [-0.25, -0.2) is 4.90 Å². The Hall–Kier alpha value is -2.48. The fourth-order valence-corrected chi connectivity index (χ4v) is 3.34. The van der Waals surface area contributed by atoms with E-state index in [-0.39, 0.29) is 17.3 Å². The maximum atomic E-state index is 13.0. The molecule has 2 aromatic carbocycles. The Morgan fingerprint density at radius 2 is 1.62 bits per heavy atom. The van der Waals surface area contributed by atoms with Crippen molar-refractivity contribution in [2.75, 3.05) is 12.0 Å². The Labute approximate surface area is 164 Å². The predicted octanol–water partition coefficient (Wildman–Crippen LogP) is 3.90. The van der Waals surface area contributed by atoms with Crippen LogP contribution in [0.1, 0.15) is 35.3 Å². The van der Waals surface area contributed by atoms with Crippen LogP contribution in [-0.4, -0.2) is 24.7 Å². The molecule has 132 valence electrons. The third-order valence-electron chi connectivity index (χ3n) is 4.18. The Morgan fingerprint density at radius 1 is 1.00 bits per heavy atom. The van der Waals surface area contributed by atoms with E-state index in [1.165, 1.54) is 21.0 Å². The van der Waals surface area contributed by atoms with E-state index in [0.717, 1.165) is 14.0 Å². The number of ether oxygens (including phenoxy) is 1. The second-order valence-corrected chi connectivity index (χ2v) is 7.11. The van der Waals surface area contributed by atoms with E-state index >= 15 is 0 Å². The average molecular weight is 461 g/mol. The van der Waals surface area contributed by atoms with Gasteiger partial charge in [0, 0.05) is 27.2 Å². The number of hydrogen-bond acceptors (Lipinski definition) is 4. The molecule has 3 rings (SSSR count). The molecule has 1 aliphatic heterocycles. The van der Waals surface area contributed by atoms with Crippen LogP contribution in [0.4, 0.5) is 5.69 Å². The van der Waals surface area contributed by atoms with Crippen LogP contribution in [-0.2, 0) is 14.3 Å². The normalized spacial score (nSPS) is 14.9. The van der Waals surface area contributed by atoms with Crippen molar-refractivity contribution in [2.45, 2.75) is 13.8 Å². The zero-order valence-corrected chi connectivity index (χ0v) is 16.7. The van der Waals surface area contributed by atoms with Gasteiger partial charge in [0.25, 0.3) is 5.91 Å². The van der Waals surface area contributed by atoms with E-state index < -0.39 is 5.91 Å². The topological polar surface area (TPSA) is 63.7 Å². The first kappa shape index (κ1) is 18.3. The molecule has 0 saturated heterocycles. The highest BCUT2D eigenvalue weighted by molar-refractivity contribution is 14.1. The number of ketones is 1. The molecule has 0 unspecified atom stereocenters. The number of benzene rings is 2. The van der Waals surface area contributed by atoms with E-state index in [9.17, 15) is 14.4 Å². The van der Waals surface area contributed by atoms with Crippen molar-refractivity contribution < 1.29 is 19.1 Å². The van der Waals surface area contributed by atoms with E-state index in [1.807, 2.05) is 24.3 Å². The van der Waals surface area contributed by atoms with Gasteiger partial charge in [-0.15, -0.1) is 0 Å². The summed E-state index contributed by atoms with van der Waals surface area (Å²) >= 11 is 2.19. The van der Waals surface area contributed by atoms with Gasteiger partial charge in [-0.2, -0.15) is 0 Å². The molecule has 0 aliphatic carbocycles. The molecule has 0 radical (unpaired) electrons. The SMILES string of the molecule is CO/C(=C1\C(=O)N(C(C)=O)c2ccc(C(C)=O)cc21)c1ccc(I)cc1. The fourth-order valence-electron chi connectivity index (χ4n) is 2.98. The van der Waals surface area contributed by atoms with Crippen LogP contribution in [0.3, 0.4) is 0 Å². The number of imide groups is 1. The van der Waals surface area contributed by atoms with Crippen LogP contribution >= 0.6 is 22.6 Å². The summed E-state index contributed by atoms with van der Waals surface area (Å²) in [6.07, 6.45) is 0. The Bertz CT molecular complexity index is 960. The lowest BCUT2D eigenvalue weighted by Crippen LogP contribution is -2.31. The summed E-state index contributed by atoms with van der Waals surface area (Å²) in [6, 6.07) is 12.4. The average Bonchev–Trinajstić information content (AvgIpc) is 2.89. The standard InChI is InChI=1S/C20H16INO4/c1-11(23)14-6-9-17-16(10-14)18(20(25)22(17)12(2)24)19(26-3)13-4-7-15(21)8-5-13/h4-10H,1-3H3/b19-18-. The third-order valence-corrected chi connectivity index (χ3v) is 4.90. The van der Waals surface area contributed by atoms with E-state index in [2.05, 4.69) is 22.6 Å². The maximum absolute atomic E-state index is 13.0. The smallest absolute Gasteiger partial charge is 0.269 e. The van der Waals surface area contributed by atoms with Crippen molar-refractivity contribution in [3.63, 3.8) is 0 Å². The number of amides is 2. The Morgan fingerprint density at radius 3 is 2.15 bits per heavy atom. The predicted molar refractivity (Wildman–Crippen MR) is 108 cm³/mol. The first-order valence-corrected chi connectivity index (χ1v) is 8.97. The summed E-state index contributed by atoms with van der Waals surface area (Å²) in [5, 5.41) is 0. The second kappa shape index (κ2) is 7.03. The van der Waals surface area contributed by atoms with Crippen molar-refractivity contribution in [1.29, 1.82) is 0 Å². The highest BCUT2D eigenvalue weighted by Gasteiger charge is 2.38. The number of rotatable bonds is 3. The minimum absolute atomic E-state index is 0.117. The van der Waals surface area contributed by atoms with Crippen molar-refractivity contribution in [3.05, 3.63) is 62.7 Å². The van der Waals surface area contributed by atoms with E-state index in [0.29, 0.717) is 22.6 Å². The van der Waals surface area contributed by atoms with Gasteiger partial charge in [-0.3, -0.25) is 14.4 Å². The van der Waals surface area contributed by atoms with E-state index in [1.54, 1.807) is 18.2 Å². The number of anilines is 1. The first-order valence-electron chi connectivity index (χ1n) is 7.89. The number of hydrogen-bond donors (Lipinski definition) is 0. The number of methoxy groups -OCH3 is 1. The van der Waals surface area contributed by atoms with Gasteiger partial charge in [0.2, 0.25) is 5.91 Å². The fraction of sp³-hybridized carbons (Fsp3) is 0.150. The number of halogens is 1. The molecule has 6 heteroatoms. The third kappa shape index (κ3) is 3.05. The summed E-state index contributed by atoms with van der Waals surface area (Å²) in [7, 11) is 1.48. The van der Waals surface area contributed by atoms with Gasteiger partial charge >= 0.3 is 0 Å². The molecule has 2 amide bonds. The molecule has 26 heavy (non-hydrogen) atoms. The molecule has 2 aromatic rings. The molecular formula is C20H16INO4. The molecule has 5 nitrogen and oxygen atoms in total. The van der Waals surface area contributed by atoms with Crippen molar-refractivity contribution >= 4 is 57.2 Å². The van der Waals surface area contributed by atoms with Crippen molar-refractivity contribution in [1.82, 2.24) is 0 Å². The number of carbonyl (C=O) groups excluding carboxylic acids is 3. The molecule has 0 N–H and O–H groups in total. The molecular weight excluding hydrogens is 445 g/mol. The first-order chi connectivity index (χ1) is 12.3. The van der Waals surface area contributed by atoms with Crippen molar-refractivity contribution in [2.24, 2.45) is 0 Å². The zero-order valence-electron chi connectivity index (χ0n) is 14.5. The van der Waals surface area contributed by atoms with Crippen molar-refractivity contribution in [3.8, 4) is 0 Å². The lowest BCUT2D eigenvalue weighted by molar-refractivity contribution is -0.122. The van der Waals surface area contributed by atoms with E-state index in [4.69, 9.17) is 4.74 Å². The largest absolute Gasteiger partial charge is 0.495 e. The molecule has 0 atom stereocenters.